The van der Waals surface area contributed by atoms with Gasteiger partial charge in [-0.1, -0.05) is 15.9 Å². The number of rotatable bonds is 6. The Kier molecular flexibility index (Phi) is 5.72. The molecule has 0 aliphatic heterocycles. The van der Waals surface area contributed by atoms with Crippen LogP contribution in [0.5, 0.6) is 5.75 Å². The van der Waals surface area contributed by atoms with E-state index >= 15 is 0 Å². The molecule has 1 N–H and O–H groups in total. The number of carbonyl (C=O) groups is 1. The van der Waals surface area contributed by atoms with Crippen LogP contribution in [-0.4, -0.2) is 24.5 Å². The minimum absolute atomic E-state index is 0.145. The van der Waals surface area contributed by atoms with Crippen molar-refractivity contribution in [2.45, 2.75) is 6.92 Å². The molecule has 0 aliphatic rings. The summed E-state index contributed by atoms with van der Waals surface area (Å²) in [5.74, 6) is -0.417. The highest BCUT2D eigenvalue weighted by Crippen LogP contribution is 2.24. The lowest BCUT2D eigenvalue weighted by molar-refractivity contribution is -0.131. The minimum Gasteiger partial charge on any atom is -0.478 e. The molecule has 92 valence electrons. The molecule has 1 aromatic carbocycles. The van der Waals surface area contributed by atoms with Crippen molar-refractivity contribution in [2.24, 2.45) is 0 Å². The predicted molar refractivity (Wildman–Crippen MR) is 67.9 cm³/mol. The number of hydrogen-bond acceptors (Lipinski definition) is 3. The van der Waals surface area contributed by atoms with Gasteiger partial charge < -0.3 is 14.6 Å². The minimum atomic E-state index is -0.999. The van der Waals surface area contributed by atoms with E-state index < -0.39 is 5.97 Å². The highest BCUT2D eigenvalue weighted by atomic mass is 79.9. The van der Waals surface area contributed by atoms with Crippen LogP contribution in [0.2, 0.25) is 0 Å². The molecule has 17 heavy (non-hydrogen) atoms. The Morgan fingerprint density at radius 2 is 2.29 bits per heavy atom. The molecular weight excluding hydrogens is 288 g/mol. The fourth-order valence-electron chi connectivity index (χ4n) is 1.13. The van der Waals surface area contributed by atoms with Gasteiger partial charge in [-0.3, -0.25) is 0 Å². The molecule has 0 saturated carbocycles. The summed E-state index contributed by atoms with van der Waals surface area (Å²) in [6, 6.07) is 5.35. The van der Waals surface area contributed by atoms with Crippen LogP contribution in [0.1, 0.15) is 12.5 Å². The van der Waals surface area contributed by atoms with Gasteiger partial charge in [0.05, 0.1) is 0 Å². The number of ether oxygens (including phenoxy) is 2. The molecule has 0 aliphatic carbocycles. The van der Waals surface area contributed by atoms with Gasteiger partial charge >= 0.3 is 5.97 Å². The predicted octanol–water partition coefficient (Wildman–Crippen LogP) is 2.92. The van der Waals surface area contributed by atoms with Crippen molar-refractivity contribution < 1.29 is 19.4 Å². The van der Waals surface area contributed by atoms with Gasteiger partial charge in [0, 0.05) is 22.7 Å². The van der Waals surface area contributed by atoms with E-state index in [4.69, 9.17) is 14.6 Å². The first kappa shape index (κ1) is 13.7. The first-order chi connectivity index (χ1) is 8.13. The Balaban J connectivity index is 2.83. The average molecular weight is 301 g/mol. The van der Waals surface area contributed by atoms with Gasteiger partial charge in [-0.25, -0.2) is 4.79 Å². The summed E-state index contributed by atoms with van der Waals surface area (Å²) in [5.41, 5.74) is 0.682. The van der Waals surface area contributed by atoms with Crippen molar-refractivity contribution in [1.29, 1.82) is 0 Å². The normalized spacial score (nSPS) is 10.7. The van der Waals surface area contributed by atoms with Gasteiger partial charge in [0.25, 0.3) is 0 Å². The monoisotopic (exact) mass is 300 g/mol. The van der Waals surface area contributed by atoms with Crippen molar-refractivity contribution in [3.05, 3.63) is 34.3 Å². The second-order valence-corrected chi connectivity index (χ2v) is 4.02. The van der Waals surface area contributed by atoms with Crippen molar-refractivity contribution in [1.82, 2.24) is 0 Å². The fraction of sp³-hybridized carbons (Fsp3) is 0.250. The van der Waals surface area contributed by atoms with E-state index in [9.17, 15) is 4.79 Å². The van der Waals surface area contributed by atoms with E-state index in [0.717, 1.165) is 10.5 Å². The summed E-state index contributed by atoms with van der Waals surface area (Å²) in [5, 5.41) is 8.59. The van der Waals surface area contributed by atoms with E-state index in [-0.39, 0.29) is 6.79 Å². The number of hydrogen-bond donors (Lipinski definition) is 1. The first-order valence-electron chi connectivity index (χ1n) is 5.04. The molecule has 0 atom stereocenters. The fourth-order valence-corrected chi connectivity index (χ4v) is 1.51. The summed E-state index contributed by atoms with van der Waals surface area (Å²) in [6.45, 7) is 2.58. The summed E-state index contributed by atoms with van der Waals surface area (Å²) in [7, 11) is 0. The van der Waals surface area contributed by atoms with Crippen LogP contribution in [0.3, 0.4) is 0 Å². The molecule has 1 rings (SSSR count). The van der Waals surface area contributed by atoms with Gasteiger partial charge in [-0.2, -0.15) is 0 Å². The summed E-state index contributed by atoms with van der Waals surface area (Å²) < 4.78 is 11.3. The lowest BCUT2D eigenvalue weighted by Crippen LogP contribution is -2.03. The van der Waals surface area contributed by atoms with Crippen LogP contribution in [0.4, 0.5) is 0 Å². The van der Waals surface area contributed by atoms with Gasteiger partial charge in [0.1, 0.15) is 5.75 Å². The third-order valence-electron chi connectivity index (χ3n) is 1.88. The summed E-state index contributed by atoms with van der Waals surface area (Å²) >= 11 is 3.32. The van der Waals surface area contributed by atoms with E-state index in [1.54, 1.807) is 12.1 Å². The molecule has 0 aromatic heterocycles. The maximum Gasteiger partial charge on any atom is 0.328 e. The Morgan fingerprint density at radius 1 is 1.53 bits per heavy atom. The Morgan fingerprint density at radius 3 is 2.94 bits per heavy atom. The Hall–Kier alpha value is -1.33. The molecule has 4 nitrogen and oxygen atoms in total. The smallest absolute Gasteiger partial charge is 0.328 e. The Bertz CT molecular complexity index is 415. The van der Waals surface area contributed by atoms with Crippen molar-refractivity contribution in [3.8, 4) is 5.75 Å². The van der Waals surface area contributed by atoms with Crippen molar-refractivity contribution in [2.75, 3.05) is 13.4 Å². The van der Waals surface area contributed by atoms with E-state index in [1.807, 2.05) is 13.0 Å². The number of benzene rings is 1. The molecule has 0 bridgehead atoms. The largest absolute Gasteiger partial charge is 0.478 e. The third-order valence-corrected chi connectivity index (χ3v) is 2.37. The lowest BCUT2D eigenvalue weighted by atomic mass is 10.2. The molecule has 0 fully saturated rings. The quantitative estimate of drug-likeness (QED) is 0.498. The van der Waals surface area contributed by atoms with E-state index in [2.05, 4.69) is 15.9 Å². The van der Waals surface area contributed by atoms with Crippen LogP contribution in [0.25, 0.3) is 6.08 Å². The van der Waals surface area contributed by atoms with Gasteiger partial charge in [0.15, 0.2) is 6.79 Å². The zero-order valence-corrected chi connectivity index (χ0v) is 10.9. The second-order valence-electron chi connectivity index (χ2n) is 3.11. The van der Waals surface area contributed by atoms with E-state index in [1.165, 1.54) is 6.08 Å². The molecule has 0 heterocycles. The maximum absolute atomic E-state index is 10.5. The molecule has 0 spiro atoms. The number of carboxylic acids is 1. The first-order valence-corrected chi connectivity index (χ1v) is 5.84. The average Bonchev–Trinajstić information content (AvgIpc) is 2.29. The zero-order chi connectivity index (χ0) is 12.7. The van der Waals surface area contributed by atoms with Crippen LogP contribution in [-0.2, 0) is 9.53 Å². The van der Waals surface area contributed by atoms with Gasteiger partial charge in [0.2, 0.25) is 0 Å². The van der Waals surface area contributed by atoms with Crippen LogP contribution < -0.4 is 4.74 Å². The number of carboxylic acid groups (broad SMARTS) is 1. The molecule has 0 saturated heterocycles. The Labute approximate surface area is 108 Å². The maximum atomic E-state index is 10.5. The number of aliphatic carboxylic acids is 1. The topological polar surface area (TPSA) is 55.8 Å². The summed E-state index contributed by atoms with van der Waals surface area (Å²) in [6.07, 6.45) is 2.55. The zero-order valence-electron chi connectivity index (χ0n) is 9.35. The SMILES string of the molecule is CCOCOc1ccc(Br)cc1C=CC(=O)O. The number of halogens is 1. The molecule has 0 unspecified atom stereocenters. The molecular formula is C12H13BrO4. The van der Waals surface area contributed by atoms with Gasteiger partial charge in [-0.05, 0) is 31.2 Å². The van der Waals surface area contributed by atoms with E-state index in [0.29, 0.717) is 17.9 Å². The summed E-state index contributed by atoms with van der Waals surface area (Å²) in [4.78, 5) is 10.5. The highest BCUT2D eigenvalue weighted by molar-refractivity contribution is 9.10. The molecule has 0 radical (unpaired) electrons. The third kappa shape index (κ3) is 5.01. The van der Waals surface area contributed by atoms with Crippen molar-refractivity contribution >= 4 is 28.0 Å². The van der Waals surface area contributed by atoms with Crippen LogP contribution >= 0.6 is 15.9 Å². The van der Waals surface area contributed by atoms with Crippen LogP contribution in [0.15, 0.2) is 28.7 Å². The van der Waals surface area contributed by atoms with Crippen molar-refractivity contribution in [3.63, 3.8) is 0 Å². The molecule has 1 aromatic rings. The van der Waals surface area contributed by atoms with Gasteiger partial charge in [-0.15, -0.1) is 0 Å². The molecule has 0 amide bonds. The highest BCUT2D eigenvalue weighted by Gasteiger charge is 2.02. The standard InChI is InChI=1S/C12H13BrO4/c1-2-16-8-17-11-5-4-10(13)7-9(11)3-6-12(14)15/h3-7H,2,8H2,1H3,(H,14,15). The van der Waals surface area contributed by atoms with Crippen LogP contribution in [0, 0.1) is 0 Å². The molecule has 5 heteroatoms. The second kappa shape index (κ2) is 7.09. The lowest BCUT2D eigenvalue weighted by Gasteiger charge is -2.09.